The van der Waals surface area contributed by atoms with Crippen LogP contribution in [0.1, 0.15) is 194 Å². The van der Waals surface area contributed by atoms with Crippen LogP contribution in [0.5, 0.6) is 0 Å². The van der Waals surface area contributed by atoms with Crippen LogP contribution in [0.2, 0.25) is 0 Å². The van der Waals surface area contributed by atoms with Crippen molar-refractivity contribution in [2.75, 3.05) is 13.2 Å². The molecule has 0 saturated heterocycles. The Kier molecular flexibility index (Phi) is 31.1. The molecule has 0 fully saturated rings. The Labute approximate surface area is 259 Å². The smallest absolute Gasteiger partial charge is 0.306 e. The summed E-state index contributed by atoms with van der Waals surface area (Å²) in [5.41, 5.74) is 0. The fourth-order valence-corrected chi connectivity index (χ4v) is 5.09. The van der Waals surface area contributed by atoms with Crippen molar-refractivity contribution in [1.82, 2.24) is 0 Å². The molecule has 0 bridgehead atoms. The SMILES string of the molecule is CCCCCCCCCCCCCCC(=O)OC[C@H](COC(=O)CCCCCCCCC)OC(=O)CCCCCCC. The van der Waals surface area contributed by atoms with Gasteiger partial charge in [0, 0.05) is 19.3 Å². The van der Waals surface area contributed by atoms with Crippen LogP contribution in [0.25, 0.3) is 0 Å². The summed E-state index contributed by atoms with van der Waals surface area (Å²) in [6.45, 7) is 6.48. The minimum Gasteiger partial charge on any atom is -0.462 e. The van der Waals surface area contributed by atoms with Crippen molar-refractivity contribution in [2.45, 2.75) is 200 Å². The second-order valence-corrected chi connectivity index (χ2v) is 12.2. The van der Waals surface area contributed by atoms with Crippen molar-refractivity contribution in [1.29, 1.82) is 0 Å². The summed E-state index contributed by atoms with van der Waals surface area (Å²) in [6.07, 6.45) is 28.4. The Bertz CT molecular complexity index is 620. The van der Waals surface area contributed by atoms with Gasteiger partial charge in [-0.1, -0.05) is 156 Å². The number of hydrogen-bond donors (Lipinski definition) is 0. The van der Waals surface area contributed by atoms with E-state index in [9.17, 15) is 14.4 Å². The summed E-state index contributed by atoms with van der Waals surface area (Å²) in [7, 11) is 0. The third-order valence-corrected chi connectivity index (χ3v) is 7.86. The Morgan fingerprint density at radius 1 is 0.381 bits per heavy atom. The molecule has 0 aliphatic rings. The zero-order chi connectivity index (χ0) is 30.9. The van der Waals surface area contributed by atoms with E-state index in [1.807, 2.05) is 0 Å². The highest BCUT2D eigenvalue weighted by molar-refractivity contribution is 5.71. The molecule has 0 spiro atoms. The number of esters is 3. The molecule has 0 saturated carbocycles. The largest absolute Gasteiger partial charge is 0.462 e. The summed E-state index contributed by atoms with van der Waals surface area (Å²) in [5, 5.41) is 0. The minimum atomic E-state index is -0.753. The molecule has 0 heterocycles. The first kappa shape index (κ1) is 40.4. The molecule has 0 N–H and O–H groups in total. The van der Waals surface area contributed by atoms with E-state index in [2.05, 4.69) is 20.8 Å². The van der Waals surface area contributed by atoms with Crippen LogP contribution in [0.3, 0.4) is 0 Å². The maximum absolute atomic E-state index is 12.4. The predicted octanol–water partition coefficient (Wildman–Crippen LogP) is 10.6. The Morgan fingerprint density at radius 3 is 0.952 bits per heavy atom. The summed E-state index contributed by atoms with van der Waals surface area (Å²) >= 11 is 0. The fourth-order valence-electron chi connectivity index (χ4n) is 5.09. The van der Waals surface area contributed by atoms with Crippen molar-refractivity contribution in [3.8, 4) is 0 Å². The quantitative estimate of drug-likeness (QED) is 0.0436. The van der Waals surface area contributed by atoms with Gasteiger partial charge in [0.15, 0.2) is 6.10 Å². The molecule has 6 heteroatoms. The highest BCUT2D eigenvalue weighted by atomic mass is 16.6. The van der Waals surface area contributed by atoms with E-state index in [0.717, 1.165) is 64.2 Å². The molecule has 0 aromatic rings. The van der Waals surface area contributed by atoms with Crippen molar-refractivity contribution in [3.05, 3.63) is 0 Å². The third-order valence-electron chi connectivity index (χ3n) is 7.86. The number of hydrogen-bond acceptors (Lipinski definition) is 6. The Balaban J connectivity index is 4.22. The van der Waals surface area contributed by atoms with E-state index in [1.165, 1.54) is 89.9 Å². The molecule has 248 valence electrons. The number of ether oxygens (including phenoxy) is 3. The zero-order valence-electron chi connectivity index (χ0n) is 28.0. The number of rotatable bonds is 32. The standard InChI is InChI=1S/C36H68O6/c1-4-7-10-13-15-16-17-18-19-21-24-26-29-35(38)41-32-33(42-36(39)30-27-22-12-9-6-3)31-40-34(37)28-25-23-20-14-11-8-5-2/h33H,4-32H2,1-3H3/t33-/m0/s1. The van der Waals surface area contributed by atoms with Crippen LogP contribution in [-0.2, 0) is 28.6 Å². The summed E-state index contributed by atoms with van der Waals surface area (Å²) in [4.78, 5) is 37.0. The average molecular weight is 597 g/mol. The van der Waals surface area contributed by atoms with E-state index in [1.54, 1.807) is 0 Å². The van der Waals surface area contributed by atoms with Gasteiger partial charge in [0.2, 0.25) is 0 Å². The van der Waals surface area contributed by atoms with E-state index in [4.69, 9.17) is 14.2 Å². The molecular formula is C36H68O6. The topological polar surface area (TPSA) is 78.9 Å². The van der Waals surface area contributed by atoms with Crippen molar-refractivity contribution in [3.63, 3.8) is 0 Å². The second kappa shape index (κ2) is 32.3. The first-order valence-electron chi connectivity index (χ1n) is 18.0. The third kappa shape index (κ3) is 29.9. The molecule has 0 aromatic carbocycles. The lowest BCUT2D eigenvalue weighted by Gasteiger charge is -2.18. The van der Waals surface area contributed by atoms with E-state index in [0.29, 0.717) is 19.3 Å². The molecule has 0 aromatic heterocycles. The second-order valence-electron chi connectivity index (χ2n) is 12.2. The van der Waals surface area contributed by atoms with Crippen LogP contribution in [-0.4, -0.2) is 37.2 Å². The lowest BCUT2D eigenvalue weighted by Crippen LogP contribution is -2.30. The fraction of sp³-hybridized carbons (Fsp3) is 0.917. The summed E-state index contributed by atoms with van der Waals surface area (Å²) in [5.74, 6) is -0.888. The first-order valence-corrected chi connectivity index (χ1v) is 18.0. The molecule has 0 aliphatic carbocycles. The zero-order valence-corrected chi connectivity index (χ0v) is 28.0. The highest BCUT2D eigenvalue weighted by Gasteiger charge is 2.19. The molecule has 0 unspecified atom stereocenters. The van der Waals surface area contributed by atoms with Gasteiger partial charge in [-0.2, -0.15) is 0 Å². The maximum atomic E-state index is 12.4. The van der Waals surface area contributed by atoms with Crippen molar-refractivity contribution in [2.24, 2.45) is 0 Å². The van der Waals surface area contributed by atoms with Gasteiger partial charge in [-0.15, -0.1) is 0 Å². The molecule has 6 nitrogen and oxygen atoms in total. The molecule has 0 radical (unpaired) electrons. The van der Waals surface area contributed by atoms with Gasteiger partial charge in [-0.05, 0) is 19.3 Å². The minimum absolute atomic E-state index is 0.0661. The molecule has 1 atom stereocenters. The van der Waals surface area contributed by atoms with Crippen LogP contribution in [0.15, 0.2) is 0 Å². The van der Waals surface area contributed by atoms with Gasteiger partial charge in [0.25, 0.3) is 0 Å². The summed E-state index contributed by atoms with van der Waals surface area (Å²) < 4.78 is 16.4. The van der Waals surface area contributed by atoms with E-state index in [-0.39, 0.29) is 31.1 Å². The van der Waals surface area contributed by atoms with E-state index >= 15 is 0 Å². The molecule has 0 rings (SSSR count). The van der Waals surface area contributed by atoms with Crippen LogP contribution in [0, 0.1) is 0 Å². The van der Waals surface area contributed by atoms with Crippen LogP contribution in [0.4, 0.5) is 0 Å². The lowest BCUT2D eigenvalue weighted by atomic mass is 10.0. The van der Waals surface area contributed by atoms with Gasteiger partial charge in [0.05, 0.1) is 0 Å². The van der Waals surface area contributed by atoms with Crippen LogP contribution < -0.4 is 0 Å². The Morgan fingerprint density at radius 2 is 0.643 bits per heavy atom. The van der Waals surface area contributed by atoms with Gasteiger partial charge in [-0.25, -0.2) is 0 Å². The highest BCUT2D eigenvalue weighted by Crippen LogP contribution is 2.14. The number of carbonyl (C=O) groups is 3. The Hall–Kier alpha value is -1.59. The van der Waals surface area contributed by atoms with Gasteiger partial charge in [0.1, 0.15) is 13.2 Å². The van der Waals surface area contributed by atoms with E-state index < -0.39 is 6.10 Å². The van der Waals surface area contributed by atoms with Crippen molar-refractivity contribution < 1.29 is 28.6 Å². The molecule has 0 aliphatic heterocycles. The monoisotopic (exact) mass is 597 g/mol. The maximum Gasteiger partial charge on any atom is 0.306 e. The number of unbranched alkanes of at least 4 members (excludes halogenated alkanes) is 21. The summed E-state index contributed by atoms with van der Waals surface area (Å²) in [6, 6.07) is 0. The normalized spacial score (nSPS) is 11.8. The lowest BCUT2D eigenvalue weighted by molar-refractivity contribution is -0.167. The van der Waals surface area contributed by atoms with Crippen LogP contribution >= 0.6 is 0 Å². The predicted molar refractivity (Wildman–Crippen MR) is 173 cm³/mol. The molecule has 0 amide bonds. The van der Waals surface area contributed by atoms with Gasteiger partial charge >= 0.3 is 17.9 Å². The van der Waals surface area contributed by atoms with Gasteiger partial charge < -0.3 is 14.2 Å². The van der Waals surface area contributed by atoms with Crippen molar-refractivity contribution >= 4 is 17.9 Å². The molecular weight excluding hydrogens is 528 g/mol. The number of carbonyl (C=O) groups excluding carboxylic acids is 3. The first-order chi connectivity index (χ1) is 20.5. The van der Waals surface area contributed by atoms with Gasteiger partial charge in [-0.3, -0.25) is 14.4 Å². The molecule has 42 heavy (non-hydrogen) atoms. The average Bonchev–Trinajstić information content (AvgIpc) is 2.98.